The molecule has 2 heterocycles. The number of rotatable bonds is 6. The number of amides is 1. The Morgan fingerprint density at radius 3 is 2.18 bits per heavy atom. The summed E-state index contributed by atoms with van der Waals surface area (Å²) in [5.41, 5.74) is 3.58. The van der Waals surface area contributed by atoms with Crippen LogP contribution in [0.3, 0.4) is 0 Å². The van der Waals surface area contributed by atoms with Crippen LogP contribution in [-0.4, -0.2) is 46.9 Å². The predicted octanol–water partition coefficient (Wildman–Crippen LogP) is 4.68. The molecule has 1 amide bonds. The van der Waals surface area contributed by atoms with Crippen molar-refractivity contribution in [1.82, 2.24) is 14.8 Å². The SMILES string of the molecule is CC(C)(C)c1ccc(CN2CCN(Cc3nc(C(=O)Nc4ccc(F)cc4)co3)CC2)cc1. The maximum absolute atomic E-state index is 13.0. The number of hydrogen-bond donors (Lipinski definition) is 1. The molecule has 1 aliphatic rings. The Labute approximate surface area is 194 Å². The number of nitrogens with zero attached hydrogens (tertiary/aromatic N) is 3. The second-order valence-electron chi connectivity index (χ2n) is 9.59. The molecule has 0 spiro atoms. The molecule has 3 aromatic rings. The van der Waals surface area contributed by atoms with E-state index in [1.54, 1.807) is 0 Å². The van der Waals surface area contributed by atoms with Crippen LogP contribution in [-0.2, 0) is 18.5 Å². The van der Waals surface area contributed by atoms with Crippen molar-refractivity contribution >= 4 is 11.6 Å². The molecular formula is C26H31FN4O2. The molecule has 0 aliphatic carbocycles. The normalized spacial score (nSPS) is 15.5. The van der Waals surface area contributed by atoms with Gasteiger partial charge in [-0.1, -0.05) is 45.0 Å². The monoisotopic (exact) mass is 450 g/mol. The zero-order chi connectivity index (χ0) is 23.4. The first-order valence-electron chi connectivity index (χ1n) is 11.3. The van der Waals surface area contributed by atoms with Crippen LogP contribution in [0.1, 0.15) is 48.3 Å². The molecule has 2 aromatic carbocycles. The maximum atomic E-state index is 13.0. The molecule has 1 N–H and O–H groups in total. The van der Waals surface area contributed by atoms with Gasteiger partial charge in [0.1, 0.15) is 12.1 Å². The van der Waals surface area contributed by atoms with Crippen LogP contribution in [0.15, 0.2) is 59.2 Å². The van der Waals surface area contributed by atoms with Crippen molar-refractivity contribution in [2.75, 3.05) is 31.5 Å². The number of carbonyl (C=O) groups is 1. The van der Waals surface area contributed by atoms with E-state index in [1.165, 1.54) is 41.7 Å². The molecule has 1 aromatic heterocycles. The fourth-order valence-corrected chi connectivity index (χ4v) is 3.88. The van der Waals surface area contributed by atoms with Gasteiger partial charge in [-0.25, -0.2) is 9.37 Å². The highest BCUT2D eigenvalue weighted by atomic mass is 19.1. The van der Waals surface area contributed by atoms with Crippen LogP contribution >= 0.6 is 0 Å². The predicted molar refractivity (Wildman–Crippen MR) is 127 cm³/mol. The van der Waals surface area contributed by atoms with E-state index in [0.29, 0.717) is 18.1 Å². The molecule has 1 saturated heterocycles. The van der Waals surface area contributed by atoms with Gasteiger partial charge in [0.25, 0.3) is 5.91 Å². The van der Waals surface area contributed by atoms with Gasteiger partial charge in [0.2, 0.25) is 5.89 Å². The third-order valence-corrected chi connectivity index (χ3v) is 5.94. The topological polar surface area (TPSA) is 61.6 Å². The summed E-state index contributed by atoms with van der Waals surface area (Å²) in [6.45, 7) is 12.0. The van der Waals surface area contributed by atoms with E-state index in [9.17, 15) is 9.18 Å². The minimum absolute atomic E-state index is 0.172. The van der Waals surface area contributed by atoms with Crippen LogP contribution in [0.5, 0.6) is 0 Å². The molecule has 4 rings (SSSR count). The molecule has 7 heteroatoms. The summed E-state index contributed by atoms with van der Waals surface area (Å²) >= 11 is 0. The van der Waals surface area contributed by atoms with Gasteiger partial charge in [-0.05, 0) is 40.8 Å². The van der Waals surface area contributed by atoms with Crippen LogP contribution < -0.4 is 5.32 Å². The van der Waals surface area contributed by atoms with E-state index in [-0.39, 0.29) is 22.8 Å². The molecule has 0 radical (unpaired) electrons. The number of hydrogen-bond acceptors (Lipinski definition) is 5. The molecular weight excluding hydrogens is 419 g/mol. The van der Waals surface area contributed by atoms with Gasteiger partial charge in [-0.15, -0.1) is 0 Å². The second-order valence-corrected chi connectivity index (χ2v) is 9.59. The van der Waals surface area contributed by atoms with Gasteiger partial charge < -0.3 is 9.73 Å². The van der Waals surface area contributed by atoms with Crippen molar-refractivity contribution in [3.05, 3.63) is 83.3 Å². The molecule has 0 bridgehead atoms. The minimum Gasteiger partial charge on any atom is -0.447 e. The van der Waals surface area contributed by atoms with Gasteiger partial charge in [0, 0.05) is 38.4 Å². The third kappa shape index (κ3) is 6.27. The number of nitrogens with one attached hydrogen (secondary N) is 1. The summed E-state index contributed by atoms with van der Waals surface area (Å²) in [5.74, 6) is -0.209. The Bertz CT molecular complexity index is 1060. The summed E-state index contributed by atoms with van der Waals surface area (Å²) < 4.78 is 18.5. The number of anilines is 1. The average molecular weight is 451 g/mol. The Hall–Kier alpha value is -3.03. The Kier molecular flexibility index (Phi) is 6.91. The summed E-state index contributed by atoms with van der Waals surface area (Å²) in [6, 6.07) is 14.5. The van der Waals surface area contributed by atoms with Gasteiger partial charge in [-0.2, -0.15) is 0 Å². The third-order valence-electron chi connectivity index (χ3n) is 5.94. The van der Waals surface area contributed by atoms with Crippen LogP contribution in [0, 0.1) is 5.82 Å². The van der Waals surface area contributed by atoms with Crippen LogP contribution in [0.2, 0.25) is 0 Å². The summed E-state index contributed by atoms with van der Waals surface area (Å²) in [6.07, 6.45) is 1.37. The molecule has 0 unspecified atom stereocenters. The molecule has 0 atom stereocenters. The van der Waals surface area contributed by atoms with E-state index < -0.39 is 0 Å². The van der Waals surface area contributed by atoms with E-state index in [4.69, 9.17) is 4.42 Å². The molecule has 33 heavy (non-hydrogen) atoms. The fourth-order valence-electron chi connectivity index (χ4n) is 3.88. The number of piperazine rings is 1. The zero-order valence-electron chi connectivity index (χ0n) is 19.5. The maximum Gasteiger partial charge on any atom is 0.277 e. The lowest BCUT2D eigenvalue weighted by atomic mass is 9.87. The van der Waals surface area contributed by atoms with E-state index in [0.717, 1.165) is 32.7 Å². The Morgan fingerprint density at radius 1 is 0.970 bits per heavy atom. The van der Waals surface area contributed by atoms with Crippen molar-refractivity contribution in [1.29, 1.82) is 0 Å². The van der Waals surface area contributed by atoms with Gasteiger partial charge in [0.15, 0.2) is 5.69 Å². The standard InChI is InChI=1S/C26H31FN4O2/c1-26(2,3)20-6-4-19(5-7-20)16-30-12-14-31(15-13-30)17-24-29-23(18-33-24)25(32)28-22-10-8-21(27)9-11-22/h4-11,18H,12-17H2,1-3H3,(H,28,32). The van der Waals surface area contributed by atoms with Crippen molar-refractivity contribution in [2.45, 2.75) is 39.3 Å². The minimum atomic E-state index is -0.376. The highest BCUT2D eigenvalue weighted by Crippen LogP contribution is 2.23. The van der Waals surface area contributed by atoms with Gasteiger partial charge >= 0.3 is 0 Å². The lowest BCUT2D eigenvalue weighted by molar-refractivity contribution is 0.102. The lowest BCUT2D eigenvalue weighted by Crippen LogP contribution is -2.45. The van der Waals surface area contributed by atoms with Crippen LogP contribution in [0.25, 0.3) is 0 Å². The number of carbonyl (C=O) groups excluding carboxylic acids is 1. The zero-order valence-corrected chi connectivity index (χ0v) is 19.5. The molecule has 174 valence electrons. The van der Waals surface area contributed by atoms with Crippen LogP contribution in [0.4, 0.5) is 10.1 Å². The van der Waals surface area contributed by atoms with E-state index in [1.807, 2.05) is 0 Å². The quantitative estimate of drug-likeness (QED) is 0.591. The molecule has 1 aliphatic heterocycles. The number of benzene rings is 2. The number of aromatic nitrogens is 1. The van der Waals surface area contributed by atoms with E-state index in [2.05, 4.69) is 65.1 Å². The Balaban J connectivity index is 1.24. The average Bonchev–Trinajstić information content (AvgIpc) is 3.25. The fraction of sp³-hybridized carbons (Fsp3) is 0.385. The van der Waals surface area contributed by atoms with Crippen molar-refractivity contribution in [3.8, 4) is 0 Å². The summed E-state index contributed by atoms with van der Waals surface area (Å²) in [4.78, 5) is 21.4. The van der Waals surface area contributed by atoms with Gasteiger partial charge in [0.05, 0.1) is 6.54 Å². The van der Waals surface area contributed by atoms with Crippen molar-refractivity contribution in [2.24, 2.45) is 0 Å². The number of oxazole rings is 1. The van der Waals surface area contributed by atoms with Crippen molar-refractivity contribution in [3.63, 3.8) is 0 Å². The number of halogens is 1. The first-order valence-corrected chi connectivity index (χ1v) is 11.3. The lowest BCUT2D eigenvalue weighted by Gasteiger charge is -2.34. The second kappa shape index (κ2) is 9.85. The Morgan fingerprint density at radius 2 is 1.58 bits per heavy atom. The van der Waals surface area contributed by atoms with Crippen molar-refractivity contribution < 1.29 is 13.6 Å². The van der Waals surface area contributed by atoms with E-state index >= 15 is 0 Å². The molecule has 0 saturated carbocycles. The molecule has 6 nitrogen and oxygen atoms in total. The first kappa shape index (κ1) is 23.1. The highest BCUT2D eigenvalue weighted by Gasteiger charge is 2.20. The largest absolute Gasteiger partial charge is 0.447 e. The first-order chi connectivity index (χ1) is 15.8. The summed E-state index contributed by atoms with van der Waals surface area (Å²) in [5, 5.41) is 2.69. The molecule has 1 fully saturated rings. The smallest absolute Gasteiger partial charge is 0.277 e. The summed E-state index contributed by atoms with van der Waals surface area (Å²) in [7, 11) is 0. The highest BCUT2D eigenvalue weighted by molar-refractivity contribution is 6.02. The van der Waals surface area contributed by atoms with Gasteiger partial charge in [-0.3, -0.25) is 14.6 Å².